The summed E-state index contributed by atoms with van der Waals surface area (Å²) >= 11 is 5.94. The van der Waals surface area contributed by atoms with Crippen LogP contribution in [-0.4, -0.2) is 30.4 Å². The van der Waals surface area contributed by atoms with E-state index in [2.05, 4.69) is 0 Å². The molecule has 1 aliphatic heterocycles. The maximum absolute atomic E-state index is 12.8. The maximum atomic E-state index is 12.8. The second-order valence-electron chi connectivity index (χ2n) is 5.97. The molecule has 2 heterocycles. The molecule has 4 nitrogen and oxygen atoms in total. The summed E-state index contributed by atoms with van der Waals surface area (Å²) in [6.07, 6.45) is 7.08. The van der Waals surface area contributed by atoms with Crippen molar-refractivity contribution in [2.45, 2.75) is 62.8 Å². The normalized spacial score (nSPS) is 18.7. The molecule has 1 aromatic heterocycles. The first kappa shape index (κ1) is 16.8. The Morgan fingerprint density at radius 1 is 1.14 bits per heavy atom. The summed E-state index contributed by atoms with van der Waals surface area (Å²) in [5.41, 5.74) is 0.859. The molecule has 21 heavy (non-hydrogen) atoms. The summed E-state index contributed by atoms with van der Waals surface area (Å²) in [6, 6.07) is 1.93. The molecule has 0 amide bonds. The minimum absolute atomic E-state index is 0.204. The first-order valence-corrected chi connectivity index (χ1v) is 9.71. The molecule has 0 spiro atoms. The highest BCUT2D eigenvalue weighted by molar-refractivity contribution is 7.89. The van der Waals surface area contributed by atoms with Crippen LogP contribution in [0.1, 0.15) is 57.7 Å². The Hall–Kier alpha value is -0.520. The molecule has 0 unspecified atom stereocenters. The lowest BCUT2D eigenvalue weighted by Crippen LogP contribution is -2.33. The van der Waals surface area contributed by atoms with Gasteiger partial charge in [-0.15, -0.1) is 11.6 Å². The van der Waals surface area contributed by atoms with Crippen molar-refractivity contribution in [1.82, 2.24) is 8.87 Å². The fourth-order valence-electron chi connectivity index (χ4n) is 2.83. The van der Waals surface area contributed by atoms with Crippen molar-refractivity contribution in [3.63, 3.8) is 0 Å². The summed E-state index contributed by atoms with van der Waals surface area (Å²) in [7, 11) is -3.39. The summed E-state index contributed by atoms with van der Waals surface area (Å²) in [4.78, 5) is 0.382. The van der Waals surface area contributed by atoms with E-state index in [1.54, 1.807) is 16.6 Å². The van der Waals surface area contributed by atoms with E-state index in [4.69, 9.17) is 11.6 Å². The molecule has 0 aliphatic carbocycles. The van der Waals surface area contributed by atoms with E-state index in [1.807, 2.05) is 18.4 Å². The molecule has 6 heteroatoms. The number of nitrogens with zero attached hydrogens (tertiary/aromatic N) is 2. The molecule has 2 rings (SSSR count). The lowest BCUT2D eigenvalue weighted by molar-refractivity contribution is 0.364. The van der Waals surface area contributed by atoms with Crippen LogP contribution < -0.4 is 0 Å². The van der Waals surface area contributed by atoms with Crippen molar-refractivity contribution < 1.29 is 8.42 Å². The van der Waals surface area contributed by atoms with E-state index >= 15 is 0 Å². The number of hydrogen-bond donors (Lipinski definition) is 0. The maximum Gasteiger partial charge on any atom is 0.244 e. The fourth-order valence-corrected chi connectivity index (χ4v) is 4.62. The quantitative estimate of drug-likeness (QED) is 0.788. The Bertz CT molecular complexity index is 558. The largest absolute Gasteiger partial charge is 0.346 e. The van der Waals surface area contributed by atoms with Crippen LogP contribution in [0.5, 0.6) is 0 Å². The van der Waals surface area contributed by atoms with Crippen molar-refractivity contribution in [3.05, 3.63) is 18.0 Å². The van der Waals surface area contributed by atoms with Gasteiger partial charge in [0.25, 0.3) is 0 Å². The van der Waals surface area contributed by atoms with Crippen LogP contribution in [0.15, 0.2) is 17.2 Å². The molecular formula is C15H25ClN2O2S. The van der Waals surface area contributed by atoms with Gasteiger partial charge in [0, 0.05) is 31.0 Å². The van der Waals surface area contributed by atoms with Gasteiger partial charge < -0.3 is 4.57 Å². The molecule has 0 saturated carbocycles. The Morgan fingerprint density at radius 3 is 2.19 bits per heavy atom. The zero-order valence-electron chi connectivity index (χ0n) is 12.9. The number of aromatic nitrogens is 1. The van der Waals surface area contributed by atoms with Crippen LogP contribution in [0.25, 0.3) is 0 Å². The van der Waals surface area contributed by atoms with Crippen molar-refractivity contribution in [2.24, 2.45) is 0 Å². The van der Waals surface area contributed by atoms with Crippen molar-refractivity contribution in [3.8, 4) is 0 Å². The van der Waals surface area contributed by atoms with Gasteiger partial charge in [-0.25, -0.2) is 8.42 Å². The Morgan fingerprint density at radius 2 is 1.71 bits per heavy atom. The number of sulfonamides is 1. The third-order valence-corrected chi connectivity index (χ3v) is 6.19. The third-order valence-electron chi connectivity index (χ3n) is 4.05. The molecule has 120 valence electrons. The van der Waals surface area contributed by atoms with E-state index in [1.165, 1.54) is 6.42 Å². The van der Waals surface area contributed by atoms with E-state index in [0.717, 1.165) is 31.4 Å². The standard InChI is InChI=1S/C15H25ClN2O2S/c1-13(2)18-12-15(10-14(18)11-16)21(19,20)17-8-6-4-3-5-7-9-17/h10,12-13H,3-9,11H2,1-2H3. The van der Waals surface area contributed by atoms with Gasteiger partial charge in [0.05, 0.1) is 5.88 Å². The SMILES string of the molecule is CC(C)n1cc(S(=O)(=O)N2CCCCCCC2)cc1CCl. The molecule has 1 saturated heterocycles. The topological polar surface area (TPSA) is 42.3 Å². The van der Waals surface area contributed by atoms with Crippen molar-refractivity contribution in [2.75, 3.05) is 13.1 Å². The summed E-state index contributed by atoms with van der Waals surface area (Å²) in [5.74, 6) is 0.327. The predicted molar refractivity (Wildman–Crippen MR) is 86.2 cm³/mol. The van der Waals surface area contributed by atoms with Gasteiger partial charge in [0.1, 0.15) is 4.90 Å². The molecule has 0 N–H and O–H groups in total. The van der Waals surface area contributed by atoms with Gasteiger partial charge in [0.15, 0.2) is 0 Å². The van der Waals surface area contributed by atoms with Crippen molar-refractivity contribution >= 4 is 21.6 Å². The van der Waals surface area contributed by atoms with Gasteiger partial charge in [0.2, 0.25) is 10.0 Å². The molecule has 1 aromatic rings. The van der Waals surface area contributed by atoms with Crippen LogP contribution in [0, 0.1) is 0 Å². The van der Waals surface area contributed by atoms with E-state index in [-0.39, 0.29) is 6.04 Å². The second-order valence-corrected chi connectivity index (χ2v) is 8.18. The molecule has 0 atom stereocenters. The average Bonchev–Trinajstić information content (AvgIpc) is 2.82. The second kappa shape index (κ2) is 7.16. The number of hydrogen-bond acceptors (Lipinski definition) is 2. The van der Waals surface area contributed by atoms with Crippen LogP contribution in [0.2, 0.25) is 0 Å². The van der Waals surface area contributed by atoms with Gasteiger partial charge in [-0.1, -0.05) is 19.3 Å². The summed E-state index contributed by atoms with van der Waals surface area (Å²) < 4.78 is 29.2. The average molecular weight is 333 g/mol. The minimum Gasteiger partial charge on any atom is -0.346 e. The van der Waals surface area contributed by atoms with Gasteiger partial charge in [-0.2, -0.15) is 4.31 Å². The van der Waals surface area contributed by atoms with Crippen LogP contribution in [-0.2, 0) is 15.9 Å². The van der Waals surface area contributed by atoms with Crippen LogP contribution in [0.3, 0.4) is 0 Å². The molecule has 1 aliphatic rings. The number of rotatable bonds is 4. The number of alkyl halides is 1. The fraction of sp³-hybridized carbons (Fsp3) is 0.733. The lowest BCUT2D eigenvalue weighted by Gasteiger charge is -2.23. The summed E-state index contributed by atoms with van der Waals surface area (Å²) in [6.45, 7) is 5.32. The molecular weight excluding hydrogens is 308 g/mol. The zero-order chi connectivity index (χ0) is 15.5. The van der Waals surface area contributed by atoms with Crippen LogP contribution >= 0.6 is 11.6 Å². The minimum atomic E-state index is -3.39. The first-order chi connectivity index (χ1) is 9.96. The van der Waals surface area contributed by atoms with Crippen LogP contribution in [0.4, 0.5) is 0 Å². The Labute approximate surface area is 133 Å². The molecule has 0 bridgehead atoms. The van der Waals surface area contributed by atoms with E-state index < -0.39 is 10.0 Å². The van der Waals surface area contributed by atoms with E-state index in [0.29, 0.717) is 23.9 Å². The zero-order valence-corrected chi connectivity index (χ0v) is 14.5. The molecule has 1 fully saturated rings. The predicted octanol–water partition coefficient (Wildman–Crippen LogP) is 3.76. The molecule has 0 aromatic carbocycles. The highest BCUT2D eigenvalue weighted by Gasteiger charge is 2.26. The van der Waals surface area contributed by atoms with Crippen molar-refractivity contribution in [1.29, 1.82) is 0 Å². The highest BCUT2D eigenvalue weighted by atomic mass is 35.5. The lowest BCUT2D eigenvalue weighted by atomic mass is 10.1. The molecule has 0 radical (unpaired) electrons. The Kier molecular flexibility index (Phi) is 5.74. The smallest absolute Gasteiger partial charge is 0.244 e. The Balaban J connectivity index is 2.29. The summed E-state index contributed by atoms with van der Waals surface area (Å²) in [5, 5.41) is 0. The van der Waals surface area contributed by atoms with Gasteiger partial charge in [-0.3, -0.25) is 0 Å². The highest BCUT2D eigenvalue weighted by Crippen LogP contribution is 2.25. The van der Waals surface area contributed by atoms with E-state index in [9.17, 15) is 8.42 Å². The number of halogens is 1. The third kappa shape index (κ3) is 3.82. The van der Waals surface area contributed by atoms with Gasteiger partial charge >= 0.3 is 0 Å². The first-order valence-electron chi connectivity index (χ1n) is 7.73. The van der Waals surface area contributed by atoms with Gasteiger partial charge in [-0.05, 0) is 32.8 Å². The monoisotopic (exact) mass is 332 g/mol.